The molecule has 0 heterocycles. The van der Waals surface area contributed by atoms with E-state index in [-0.39, 0.29) is 131 Å². The fourth-order valence-corrected chi connectivity index (χ4v) is 11.5. The molecule has 2 N–H and O–H groups in total. The molecule has 10 aromatic rings. The van der Waals surface area contributed by atoms with Crippen molar-refractivity contribution in [2.45, 2.75) is 105 Å². The number of carbonyl (C=O) groups excluding carboxylic acids is 15. The predicted molar refractivity (Wildman–Crippen MR) is 516 cm³/mol. The van der Waals surface area contributed by atoms with E-state index in [0.29, 0.717) is 86.3 Å². The Kier molecular flexibility index (Phi) is 49.1. The predicted octanol–water partition coefficient (Wildman–Crippen LogP) is 20.0. The van der Waals surface area contributed by atoms with Crippen molar-refractivity contribution in [3.63, 3.8) is 0 Å². The van der Waals surface area contributed by atoms with Gasteiger partial charge in [-0.05, 0) is 327 Å². The van der Waals surface area contributed by atoms with Crippen molar-refractivity contribution in [3.05, 3.63) is 337 Å². The topological polar surface area (TPSA) is 489 Å². The minimum Gasteiger partial charge on any atom is -0.508 e. The number of hydrogen-bond donors (Lipinski definition) is 2. The highest BCUT2D eigenvalue weighted by atomic mass is 16.7. The van der Waals surface area contributed by atoms with Gasteiger partial charge in [-0.15, -0.1) is 0 Å². The van der Waals surface area contributed by atoms with E-state index in [1.54, 1.807) is 38.1 Å². The molecule has 758 valence electrons. The summed E-state index contributed by atoms with van der Waals surface area (Å²) in [5.74, 6) is -4.35. The second-order valence-corrected chi connectivity index (χ2v) is 30.1. The monoisotopic (exact) mass is 1990 g/mol. The number of carbonyl (C=O) groups is 16. The summed E-state index contributed by atoms with van der Waals surface area (Å²) in [5, 5.41) is 18.1. The third-order valence-electron chi connectivity index (χ3n) is 19.0. The zero-order valence-electron chi connectivity index (χ0n) is 79.4. The Labute approximate surface area is 832 Å². The van der Waals surface area contributed by atoms with E-state index in [1.165, 1.54) is 201 Å². The van der Waals surface area contributed by atoms with Crippen LogP contribution in [0.25, 0.3) is 0 Å². The Morgan fingerprint density at radius 1 is 0.234 bits per heavy atom. The minimum absolute atomic E-state index is 0.0258. The fraction of sp³-hybridized carbons (Fsp3) is 0.222. The van der Waals surface area contributed by atoms with Gasteiger partial charge < -0.3 is 100 Å². The largest absolute Gasteiger partial charge is 0.513 e. The van der Waals surface area contributed by atoms with Crippen LogP contribution in [0.2, 0.25) is 0 Å². The van der Waals surface area contributed by atoms with Crippen molar-refractivity contribution < 1.29 is 177 Å². The van der Waals surface area contributed by atoms with Gasteiger partial charge in [-0.1, -0.05) is 44.0 Å². The molecule has 0 saturated heterocycles. The summed E-state index contributed by atoms with van der Waals surface area (Å²) in [7, 11) is 0. The summed E-state index contributed by atoms with van der Waals surface area (Å²) >= 11 is 0. The molecule has 0 fully saturated rings. The standard InChI is InChI=1S/C36H30O12.C33H32O11.C24H26O7.C15H16O7/c1-3-32(38)43-20-4-5-21-44-36(42)47-29-16-10-25(11-17-29)33(39)45-28-14-8-26(9-15-28)34(40)46-30-18-19-31(23(2)22-30)48-35(41)24-6-12-27(37)13-7-24;1-4-30(35)39-19-7-5-6-8-20-40-33(38)44-27-15-11-24(12-16-27)31(36)42-26-13-9-25(10-14-26)32(37)43-28-17-18-29(22(2)21-28)41-23(3)34;1-3-22(25)28-16-6-4-5-7-17-29-24(27)31-21-14-10-19(11-15-21)23(26)30-20-12-8-18(2)9-13-20;1-2-13(16)20-9-3-4-10-21-15(19)22-12-7-5-11(6-8-12)14(17)18/h3,6-19,22,37H,1,4-5,20-21H2,2H3;4,9-18,21H,1,5-8,19-20H2,2-3H3;3,8-15H,1,4-7,16-17H2,2H3;2,5-8H,1,3-4,9-10H2,(H,17,18). The van der Waals surface area contributed by atoms with Gasteiger partial charge in [0.05, 0.1) is 91.8 Å². The molecule has 145 heavy (non-hydrogen) atoms. The number of hydrogen-bond acceptors (Lipinski definition) is 36. The number of aromatic carboxylic acids is 1. The number of phenols is 1. The molecular formula is C108H104O37. The maximum absolute atomic E-state index is 12.7. The van der Waals surface area contributed by atoms with Crippen molar-refractivity contribution in [1.29, 1.82) is 0 Å². The van der Waals surface area contributed by atoms with Gasteiger partial charge >= 0.3 is 96.3 Å². The highest BCUT2D eigenvalue weighted by molar-refractivity contribution is 5.96. The maximum Gasteiger partial charge on any atom is 0.513 e. The van der Waals surface area contributed by atoms with Gasteiger partial charge in [-0.2, -0.15) is 0 Å². The molecule has 37 heteroatoms. The first-order valence-corrected chi connectivity index (χ1v) is 44.7. The molecule has 0 spiro atoms. The van der Waals surface area contributed by atoms with Crippen LogP contribution in [0.3, 0.4) is 0 Å². The van der Waals surface area contributed by atoms with Crippen LogP contribution in [0.15, 0.2) is 281 Å². The lowest BCUT2D eigenvalue weighted by molar-refractivity contribution is -0.138. The Hall–Kier alpha value is -18.3. The van der Waals surface area contributed by atoms with Gasteiger partial charge in [0.2, 0.25) is 0 Å². The van der Waals surface area contributed by atoms with Gasteiger partial charge in [0.1, 0.15) is 69.0 Å². The Morgan fingerprint density at radius 2 is 0.434 bits per heavy atom. The van der Waals surface area contributed by atoms with E-state index < -0.39 is 96.3 Å². The third kappa shape index (κ3) is 44.6. The molecule has 0 saturated carbocycles. The lowest BCUT2D eigenvalue weighted by atomic mass is 10.2. The van der Waals surface area contributed by atoms with Gasteiger partial charge in [0, 0.05) is 31.2 Å². The molecule has 0 aliphatic carbocycles. The number of carboxylic acid groups (broad SMARTS) is 1. The molecule has 0 atom stereocenters. The lowest BCUT2D eigenvalue weighted by Gasteiger charge is -2.10. The summed E-state index contributed by atoms with van der Waals surface area (Å²) in [6, 6.07) is 56.2. The van der Waals surface area contributed by atoms with Crippen molar-refractivity contribution in [1.82, 2.24) is 0 Å². The molecule has 0 unspecified atom stereocenters. The van der Waals surface area contributed by atoms with E-state index in [0.717, 1.165) is 62.0 Å². The van der Waals surface area contributed by atoms with Crippen LogP contribution < -0.4 is 52.1 Å². The molecule has 0 aliphatic rings. The van der Waals surface area contributed by atoms with E-state index in [2.05, 4.69) is 26.3 Å². The Morgan fingerprint density at radius 3 is 0.676 bits per heavy atom. The van der Waals surface area contributed by atoms with Crippen molar-refractivity contribution in [2.24, 2.45) is 0 Å². The van der Waals surface area contributed by atoms with E-state index in [4.69, 9.17) is 95.1 Å². The van der Waals surface area contributed by atoms with Crippen molar-refractivity contribution in [2.75, 3.05) is 52.9 Å². The molecule has 0 aromatic heterocycles. The zero-order chi connectivity index (χ0) is 105. The summed E-state index contributed by atoms with van der Waals surface area (Å²) in [6.07, 6.45) is 8.93. The quantitative estimate of drug-likeness (QED) is 0.00893. The van der Waals surface area contributed by atoms with Crippen LogP contribution in [0.1, 0.15) is 173 Å². The summed E-state index contributed by atoms with van der Waals surface area (Å²) in [6.45, 7) is 21.5. The molecule has 0 aliphatic heterocycles. The third-order valence-corrected chi connectivity index (χ3v) is 19.0. The fourth-order valence-electron chi connectivity index (χ4n) is 11.5. The normalized spacial score (nSPS) is 10.1. The summed E-state index contributed by atoms with van der Waals surface area (Å²) in [5.41, 5.74) is 3.74. The maximum atomic E-state index is 12.7. The highest BCUT2D eigenvalue weighted by Gasteiger charge is 2.21. The molecule has 10 aromatic carbocycles. The van der Waals surface area contributed by atoms with Gasteiger partial charge in [-0.25, -0.2) is 71.9 Å². The summed E-state index contributed by atoms with van der Waals surface area (Å²) < 4.78 is 96.6. The number of phenolic OH excluding ortho intramolecular Hbond substituents is 1. The van der Waals surface area contributed by atoms with E-state index in [9.17, 15) is 81.8 Å². The molecule has 0 bridgehead atoms. The van der Waals surface area contributed by atoms with Crippen LogP contribution in [-0.4, -0.2) is 159 Å². The average molecular weight is 1990 g/mol. The highest BCUT2D eigenvalue weighted by Crippen LogP contribution is 2.30. The number of unbranched alkanes of at least 4 members (excludes halogenated alkanes) is 8. The van der Waals surface area contributed by atoms with Crippen LogP contribution in [0.4, 0.5) is 19.2 Å². The number of benzene rings is 10. The number of esters is 11. The van der Waals surface area contributed by atoms with Crippen molar-refractivity contribution in [3.8, 4) is 69.0 Å². The number of rotatable bonds is 46. The number of ether oxygens (including phenoxy) is 19. The van der Waals surface area contributed by atoms with Crippen LogP contribution in [0, 0.1) is 20.8 Å². The molecular weight excluding hydrogens is 1890 g/mol. The molecule has 0 amide bonds. The van der Waals surface area contributed by atoms with Gasteiger partial charge in [0.25, 0.3) is 0 Å². The Bertz CT molecular complexity index is 6070. The van der Waals surface area contributed by atoms with Gasteiger partial charge in [-0.3, -0.25) is 4.79 Å². The number of aromatic hydroxyl groups is 1. The van der Waals surface area contributed by atoms with Crippen LogP contribution in [0.5, 0.6) is 69.0 Å². The molecule has 10 rings (SSSR count). The van der Waals surface area contributed by atoms with Gasteiger partial charge in [0.15, 0.2) is 0 Å². The smallest absolute Gasteiger partial charge is 0.508 e. The van der Waals surface area contributed by atoms with Crippen LogP contribution in [-0.2, 0) is 61.9 Å². The second-order valence-electron chi connectivity index (χ2n) is 30.1. The second kappa shape index (κ2) is 62.6. The Balaban J connectivity index is 0.000000272. The summed E-state index contributed by atoms with van der Waals surface area (Å²) in [4.78, 5) is 187. The van der Waals surface area contributed by atoms with E-state index in [1.807, 2.05) is 19.1 Å². The van der Waals surface area contributed by atoms with Crippen molar-refractivity contribution >= 4 is 96.3 Å². The minimum atomic E-state index is -1.06. The first-order valence-electron chi connectivity index (χ1n) is 44.7. The zero-order valence-corrected chi connectivity index (χ0v) is 79.4. The molecule has 0 radical (unpaired) electrons. The number of aryl methyl sites for hydroxylation is 3. The lowest BCUT2D eigenvalue weighted by Crippen LogP contribution is -2.13. The first-order chi connectivity index (χ1) is 69.7. The number of carboxylic acids is 1. The molecule has 37 nitrogen and oxygen atoms in total. The first kappa shape index (κ1) is 114. The van der Waals surface area contributed by atoms with E-state index >= 15 is 0 Å². The van der Waals surface area contributed by atoms with Crippen LogP contribution >= 0.6 is 0 Å². The SMILES string of the molecule is C=CC(=O)OCCCCCCOC(=O)Oc1ccc(C(=O)Oc2ccc(C(=O)Oc3ccc(OC(C)=O)c(C)c3)cc2)cc1.C=CC(=O)OCCCCCCOC(=O)Oc1ccc(C(=O)Oc2ccc(C)cc2)cc1.C=CC(=O)OCCCCOC(=O)Oc1ccc(C(=O)O)cc1.C=CC(=O)OCCCCOC(=O)Oc1ccc(C(=O)Oc2ccc(C(=O)Oc3ccc(OC(=O)c4ccc(O)cc4)c(C)c3)cc2)cc1. The average Bonchev–Trinajstić information content (AvgIpc) is 0.873.